The number of aromatic nitrogens is 2. The lowest BCUT2D eigenvalue weighted by molar-refractivity contribution is -0.117. The molecule has 0 radical (unpaired) electrons. The Morgan fingerprint density at radius 1 is 1.13 bits per heavy atom. The van der Waals surface area contributed by atoms with Crippen LogP contribution in [0.4, 0.5) is 18.9 Å². The molecule has 3 aromatic rings. The molecule has 1 aliphatic carbocycles. The molecule has 0 aliphatic heterocycles. The van der Waals surface area contributed by atoms with Crippen LogP contribution < -0.4 is 10.1 Å². The molecule has 0 saturated heterocycles. The van der Waals surface area contributed by atoms with E-state index in [1.807, 2.05) is 0 Å². The highest BCUT2D eigenvalue weighted by atomic mass is 19.2. The summed E-state index contributed by atoms with van der Waals surface area (Å²) in [7, 11) is 0. The Morgan fingerprint density at radius 2 is 1.87 bits per heavy atom. The van der Waals surface area contributed by atoms with Crippen LogP contribution in [0.1, 0.15) is 23.5 Å². The highest BCUT2D eigenvalue weighted by Gasteiger charge is 2.60. The zero-order chi connectivity index (χ0) is 22.2. The second-order valence-corrected chi connectivity index (χ2v) is 7.69. The molecule has 1 fully saturated rings. The molecule has 8 heteroatoms. The number of aryl methyl sites for hydroxylation is 2. The topological polar surface area (TPSA) is 64.1 Å². The third-order valence-corrected chi connectivity index (χ3v) is 5.54. The Labute approximate surface area is 177 Å². The molecule has 1 saturated carbocycles. The van der Waals surface area contributed by atoms with Crippen LogP contribution in [0.3, 0.4) is 0 Å². The average Bonchev–Trinajstić information content (AvgIpc) is 3.47. The van der Waals surface area contributed by atoms with Crippen LogP contribution in [0.25, 0.3) is 0 Å². The number of halogens is 3. The number of carbonyl (C=O) groups excluding carboxylic acids is 1. The number of nitrogens with zero attached hydrogens (tertiary/aromatic N) is 2. The summed E-state index contributed by atoms with van der Waals surface area (Å²) >= 11 is 0. The van der Waals surface area contributed by atoms with Gasteiger partial charge in [0.15, 0.2) is 17.4 Å². The molecule has 4 rings (SSSR count). The van der Waals surface area contributed by atoms with Crippen molar-refractivity contribution in [1.29, 1.82) is 0 Å². The Morgan fingerprint density at radius 3 is 2.55 bits per heavy atom. The van der Waals surface area contributed by atoms with Gasteiger partial charge in [0.25, 0.3) is 0 Å². The second-order valence-electron chi connectivity index (χ2n) is 7.69. The van der Waals surface area contributed by atoms with Crippen molar-refractivity contribution in [2.75, 3.05) is 11.9 Å². The fourth-order valence-electron chi connectivity index (χ4n) is 3.70. The van der Waals surface area contributed by atoms with Crippen molar-refractivity contribution in [1.82, 2.24) is 9.97 Å². The molecule has 1 aromatic heterocycles. The quantitative estimate of drug-likeness (QED) is 0.630. The fourth-order valence-corrected chi connectivity index (χ4v) is 3.70. The van der Waals surface area contributed by atoms with Crippen LogP contribution in [-0.4, -0.2) is 22.5 Å². The lowest BCUT2D eigenvalue weighted by Crippen LogP contribution is -2.27. The van der Waals surface area contributed by atoms with Crippen molar-refractivity contribution in [2.45, 2.75) is 25.7 Å². The van der Waals surface area contributed by atoms with Gasteiger partial charge in [-0.2, -0.15) is 0 Å². The van der Waals surface area contributed by atoms with Crippen LogP contribution in [0, 0.1) is 37.2 Å². The molecule has 1 heterocycles. The highest BCUT2D eigenvalue weighted by molar-refractivity contribution is 5.96. The van der Waals surface area contributed by atoms with E-state index < -0.39 is 28.8 Å². The molecule has 1 N–H and O–H groups in total. The van der Waals surface area contributed by atoms with Crippen molar-refractivity contribution in [3.8, 4) is 5.75 Å². The Bertz CT molecular complexity index is 1140. The summed E-state index contributed by atoms with van der Waals surface area (Å²) in [5, 5.41) is 2.74. The summed E-state index contributed by atoms with van der Waals surface area (Å²) in [6.07, 6.45) is 1.93. The van der Waals surface area contributed by atoms with Gasteiger partial charge in [0, 0.05) is 11.1 Å². The van der Waals surface area contributed by atoms with Gasteiger partial charge in [-0.3, -0.25) is 4.79 Å². The van der Waals surface area contributed by atoms with Gasteiger partial charge in [0.1, 0.15) is 11.6 Å². The zero-order valence-electron chi connectivity index (χ0n) is 17.0. The normalized spacial score (nSPS) is 19.7. The van der Waals surface area contributed by atoms with E-state index in [9.17, 15) is 18.0 Å². The van der Waals surface area contributed by atoms with Crippen molar-refractivity contribution in [2.24, 2.45) is 5.92 Å². The maximum atomic E-state index is 14.0. The predicted molar refractivity (Wildman–Crippen MR) is 108 cm³/mol. The van der Waals surface area contributed by atoms with Crippen LogP contribution in [0.5, 0.6) is 5.75 Å². The number of benzene rings is 2. The third kappa shape index (κ3) is 4.23. The molecule has 5 nitrogen and oxygen atoms in total. The number of nitrogens with one attached hydrogen (secondary N) is 1. The van der Waals surface area contributed by atoms with E-state index in [1.54, 1.807) is 20.0 Å². The molecule has 2 aromatic carbocycles. The number of hydrogen-bond acceptors (Lipinski definition) is 4. The number of rotatable bonds is 6. The summed E-state index contributed by atoms with van der Waals surface area (Å²) in [6, 6.07) is 9.01. The number of anilines is 1. The molecule has 0 spiro atoms. The average molecular weight is 427 g/mol. The zero-order valence-corrected chi connectivity index (χ0v) is 17.0. The Hall–Kier alpha value is -3.42. The Kier molecular flexibility index (Phi) is 5.39. The Balaban J connectivity index is 1.58. The van der Waals surface area contributed by atoms with Crippen molar-refractivity contribution in [3.63, 3.8) is 0 Å². The summed E-state index contributed by atoms with van der Waals surface area (Å²) < 4.78 is 46.5. The van der Waals surface area contributed by atoms with Gasteiger partial charge in [0.2, 0.25) is 5.91 Å². The molecule has 2 atom stereocenters. The van der Waals surface area contributed by atoms with E-state index >= 15 is 0 Å². The van der Waals surface area contributed by atoms with Crippen LogP contribution in [0.15, 0.2) is 48.7 Å². The van der Waals surface area contributed by atoms with Gasteiger partial charge in [-0.25, -0.2) is 23.1 Å². The first-order chi connectivity index (χ1) is 14.8. The molecule has 0 unspecified atom stereocenters. The molecule has 1 amide bonds. The smallest absolute Gasteiger partial charge is 0.228 e. The third-order valence-electron chi connectivity index (χ3n) is 5.54. The standard InChI is InChI=1S/C23H20F3N3O2/c1-13-21(11-27-14(2)28-13)31-12-23(15-3-8-19(25)20(26)9-15)10-18(23)22(30)29-17-6-4-16(24)5-7-17/h3-9,11,18H,10,12H2,1-2H3,(H,29,30)/t18-,23+/m0/s1. The van der Waals surface area contributed by atoms with Crippen molar-refractivity contribution in [3.05, 3.63) is 83.2 Å². The van der Waals surface area contributed by atoms with Gasteiger partial charge in [-0.15, -0.1) is 0 Å². The van der Waals surface area contributed by atoms with Gasteiger partial charge >= 0.3 is 0 Å². The van der Waals surface area contributed by atoms with Crippen LogP contribution >= 0.6 is 0 Å². The molecule has 0 bridgehead atoms. The molecule has 160 valence electrons. The minimum atomic E-state index is -0.990. The molecular weight excluding hydrogens is 407 g/mol. The summed E-state index contributed by atoms with van der Waals surface area (Å²) in [5.74, 6) is -2.15. The number of hydrogen-bond donors (Lipinski definition) is 1. The van der Waals surface area contributed by atoms with E-state index in [-0.39, 0.29) is 12.5 Å². The molecule has 1 aliphatic rings. The van der Waals surface area contributed by atoms with E-state index in [1.165, 1.54) is 30.3 Å². The van der Waals surface area contributed by atoms with Gasteiger partial charge in [0.05, 0.1) is 24.4 Å². The van der Waals surface area contributed by atoms with E-state index in [0.29, 0.717) is 34.9 Å². The first-order valence-electron chi connectivity index (χ1n) is 9.73. The fraction of sp³-hybridized carbons (Fsp3) is 0.261. The van der Waals surface area contributed by atoms with Crippen LogP contribution in [0.2, 0.25) is 0 Å². The maximum Gasteiger partial charge on any atom is 0.228 e. The molecular formula is C23H20F3N3O2. The SMILES string of the molecule is Cc1ncc(OC[C@@]2(c3ccc(F)c(F)c3)C[C@H]2C(=O)Nc2ccc(F)cc2)c(C)n1. The minimum absolute atomic E-state index is 0.0623. The van der Waals surface area contributed by atoms with Gasteiger partial charge in [-0.05, 0) is 62.2 Å². The minimum Gasteiger partial charge on any atom is -0.489 e. The number of amides is 1. The van der Waals surface area contributed by atoms with Gasteiger partial charge < -0.3 is 10.1 Å². The first kappa shape index (κ1) is 20.8. The number of carbonyl (C=O) groups is 1. The van der Waals surface area contributed by atoms with Crippen molar-refractivity contribution < 1.29 is 22.7 Å². The summed E-state index contributed by atoms with van der Waals surface area (Å²) in [4.78, 5) is 21.2. The highest BCUT2D eigenvalue weighted by Crippen LogP contribution is 2.55. The maximum absolute atomic E-state index is 14.0. The monoisotopic (exact) mass is 427 g/mol. The van der Waals surface area contributed by atoms with Gasteiger partial charge in [-0.1, -0.05) is 6.07 Å². The first-order valence-corrected chi connectivity index (χ1v) is 9.73. The van der Waals surface area contributed by atoms with E-state index in [0.717, 1.165) is 12.1 Å². The predicted octanol–water partition coefficient (Wildman–Crippen LogP) is 4.49. The summed E-state index contributed by atoms with van der Waals surface area (Å²) in [6.45, 7) is 3.60. The van der Waals surface area contributed by atoms with E-state index in [2.05, 4.69) is 15.3 Å². The second kappa shape index (κ2) is 8.02. The van der Waals surface area contributed by atoms with E-state index in [4.69, 9.17) is 4.74 Å². The largest absolute Gasteiger partial charge is 0.489 e. The lowest BCUT2D eigenvalue weighted by Gasteiger charge is -2.20. The summed E-state index contributed by atoms with van der Waals surface area (Å²) in [5.41, 5.74) is 0.717. The lowest BCUT2D eigenvalue weighted by atomic mass is 9.93. The van der Waals surface area contributed by atoms with Crippen molar-refractivity contribution >= 4 is 11.6 Å². The molecule has 31 heavy (non-hydrogen) atoms. The van der Waals surface area contributed by atoms with Crippen LogP contribution in [-0.2, 0) is 10.2 Å². The number of ether oxygens (including phenoxy) is 1.